The zero-order valence-electron chi connectivity index (χ0n) is 13.6. The van der Waals surface area contributed by atoms with Gasteiger partial charge in [0.2, 0.25) is 0 Å². The van der Waals surface area contributed by atoms with E-state index in [4.69, 9.17) is 0 Å². The fourth-order valence-electron chi connectivity index (χ4n) is 3.63. The van der Waals surface area contributed by atoms with Crippen LogP contribution in [-0.4, -0.2) is 17.6 Å². The van der Waals surface area contributed by atoms with Crippen LogP contribution in [0.2, 0.25) is 0 Å². The molecule has 0 spiro atoms. The minimum Gasteiger partial charge on any atom is -0.313 e. The molecule has 2 rings (SSSR count). The van der Waals surface area contributed by atoms with Crippen molar-refractivity contribution in [2.75, 3.05) is 6.54 Å². The summed E-state index contributed by atoms with van der Waals surface area (Å²) in [5.74, 6) is 0.775. The van der Waals surface area contributed by atoms with Crippen molar-refractivity contribution in [1.82, 2.24) is 10.3 Å². The van der Waals surface area contributed by atoms with Gasteiger partial charge in [0.15, 0.2) is 0 Å². The standard InChI is InChI=1S/C18H30N2/c1-5-11-19-17(16-7-6-10-18(16,3)4)12-15-9-8-14(2)13-20-15/h8-9,13,16-17,19H,5-7,10-12H2,1-4H3. The Morgan fingerprint density at radius 1 is 1.40 bits per heavy atom. The number of nitrogens with one attached hydrogen (secondary N) is 1. The van der Waals surface area contributed by atoms with Crippen LogP contribution in [0.5, 0.6) is 0 Å². The Hall–Kier alpha value is -0.890. The molecule has 2 nitrogen and oxygen atoms in total. The third kappa shape index (κ3) is 3.82. The van der Waals surface area contributed by atoms with E-state index in [1.165, 1.54) is 36.9 Å². The van der Waals surface area contributed by atoms with Crippen LogP contribution in [0, 0.1) is 18.3 Å². The summed E-state index contributed by atoms with van der Waals surface area (Å²) in [6.45, 7) is 10.3. The van der Waals surface area contributed by atoms with E-state index in [0.29, 0.717) is 11.5 Å². The molecule has 0 saturated heterocycles. The van der Waals surface area contributed by atoms with Gasteiger partial charge in [-0.05, 0) is 55.7 Å². The third-order valence-electron chi connectivity index (χ3n) is 4.88. The Morgan fingerprint density at radius 2 is 2.20 bits per heavy atom. The fraction of sp³-hybridized carbons (Fsp3) is 0.722. The number of aryl methyl sites for hydroxylation is 1. The molecule has 0 aromatic carbocycles. The Labute approximate surface area is 124 Å². The molecular weight excluding hydrogens is 244 g/mol. The second-order valence-corrected chi connectivity index (χ2v) is 7.08. The average Bonchev–Trinajstić information content (AvgIpc) is 2.76. The molecule has 0 amide bonds. The van der Waals surface area contributed by atoms with Crippen LogP contribution < -0.4 is 5.32 Å². The minimum atomic E-state index is 0.468. The number of hydrogen-bond donors (Lipinski definition) is 1. The number of hydrogen-bond acceptors (Lipinski definition) is 2. The number of pyridine rings is 1. The highest BCUT2D eigenvalue weighted by Crippen LogP contribution is 2.44. The van der Waals surface area contributed by atoms with Crippen LogP contribution in [0.15, 0.2) is 18.3 Å². The van der Waals surface area contributed by atoms with Gasteiger partial charge in [-0.3, -0.25) is 4.98 Å². The van der Waals surface area contributed by atoms with E-state index < -0.39 is 0 Å². The molecule has 2 unspecified atom stereocenters. The molecule has 1 fully saturated rings. The van der Waals surface area contributed by atoms with Crippen molar-refractivity contribution in [2.24, 2.45) is 11.3 Å². The quantitative estimate of drug-likeness (QED) is 0.844. The van der Waals surface area contributed by atoms with E-state index in [1.807, 2.05) is 6.20 Å². The summed E-state index contributed by atoms with van der Waals surface area (Å²) in [5.41, 5.74) is 2.94. The van der Waals surface area contributed by atoms with Crippen molar-refractivity contribution in [3.8, 4) is 0 Å². The maximum absolute atomic E-state index is 4.61. The van der Waals surface area contributed by atoms with E-state index in [0.717, 1.165) is 18.9 Å². The van der Waals surface area contributed by atoms with Crippen molar-refractivity contribution in [3.63, 3.8) is 0 Å². The van der Waals surface area contributed by atoms with Crippen LogP contribution in [0.4, 0.5) is 0 Å². The molecule has 0 bridgehead atoms. The molecule has 1 aromatic heterocycles. The predicted octanol–water partition coefficient (Wildman–Crippen LogP) is 4.13. The summed E-state index contributed by atoms with van der Waals surface area (Å²) < 4.78 is 0. The molecule has 2 heteroatoms. The van der Waals surface area contributed by atoms with Crippen LogP contribution in [-0.2, 0) is 6.42 Å². The van der Waals surface area contributed by atoms with E-state index >= 15 is 0 Å². The summed E-state index contributed by atoms with van der Waals surface area (Å²) in [7, 11) is 0. The van der Waals surface area contributed by atoms with E-state index in [-0.39, 0.29) is 0 Å². The van der Waals surface area contributed by atoms with Gasteiger partial charge < -0.3 is 5.32 Å². The zero-order valence-corrected chi connectivity index (χ0v) is 13.6. The molecule has 1 aromatic rings. The molecule has 1 heterocycles. The molecular formula is C18H30N2. The van der Waals surface area contributed by atoms with Gasteiger partial charge in [-0.15, -0.1) is 0 Å². The van der Waals surface area contributed by atoms with Gasteiger partial charge in [0.25, 0.3) is 0 Å². The van der Waals surface area contributed by atoms with Gasteiger partial charge in [-0.1, -0.05) is 33.3 Å². The van der Waals surface area contributed by atoms with Gasteiger partial charge in [0, 0.05) is 24.4 Å². The second-order valence-electron chi connectivity index (χ2n) is 7.08. The minimum absolute atomic E-state index is 0.468. The van der Waals surface area contributed by atoms with Crippen molar-refractivity contribution < 1.29 is 0 Å². The molecule has 1 saturated carbocycles. The summed E-state index contributed by atoms with van der Waals surface area (Å²) in [4.78, 5) is 4.61. The first kappa shape index (κ1) is 15.5. The smallest absolute Gasteiger partial charge is 0.0419 e. The summed E-state index contributed by atoms with van der Waals surface area (Å²) in [5, 5.41) is 3.79. The summed E-state index contributed by atoms with van der Waals surface area (Å²) in [6, 6.07) is 4.94. The highest BCUT2D eigenvalue weighted by atomic mass is 14.9. The van der Waals surface area contributed by atoms with Gasteiger partial charge >= 0.3 is 0 Å². The van der Waals surface area contributed by atoms with Crippen LogP contribution in [0.1, 0.15) is 57.7 Å². The lowest BCUT2D eigenvalue weighted by molar-refractivity contribution is 0.195. The summed E-state index contributed by atoms with van der Waals surface area (Å²) in [6.07, 6.45) is 8.36. The molecule has 0 radical (unpaired) electrons. The molecule has 2 atom stereocenters. The normalized spacial score (nSPS) is 22.9. The van der Waals surface area contributed by atoms with Crippen molar-refractivity contribution in [2.45, 2.75) is 65.8 Å². The van der Waals surface area contributed by atoms with Crippen LogP contribution in [0.3, 0.4) is 0 Å². The van der Waals surface area contributed by atoms with Gasteiger partial charge in [-0.25, -0.2) is 0 Å². The van der Waals surface area contributed by atoms with Crippen LogP contribution in [0.25, 0.3) is 0 Å². The largest absolute Gasteiger partial charge is 0.313 e. The third-order valence-corrected chi connectivity index (χ3v) is 4.88. The molecule has 1 N–H and O–H groups in total. The molecule has 1 aliphatic rings. The van der Waals surface area contributed by atoms with Crippen molar-refractivity contribution >= 4 is 0 Å². The van der Waals surface area contributed by atoms with Gasteiger partial charge in [0.05, 0.1) is 0 Å². The number of rotatable bonds is 6. The Balaban J connectivity index is 2.08. The maximum atomic E-state index is 4.61. The molecule has 0 aliphatic heterocycles. The second kappa shape index (κ2) is 6.71. The molecule has 20 heavy (non-hydrogen) atoms. The van der Waals surface area contributed by atoms with Crippen LogP contribution >= 0.6 is 0 Å². The average molecular weight is 274 g/mol. The van der Waals surface area contributed by atoms with Gasteiger partial charge in [0.1, 0.15) is 0 Å². The van der Waals surface area contributed by atoms with Crippen molar-refractivity contribution in [3.05, 3.63) is 29.6 Å². The molecule has 1 aliphatic carbocycles. The highest BCUT2D eigenvalue weighted by Gasteiger charge is 2.39. The molecule has 112 valence electrons. The fourth-order valence-corrected chi connectivity index (χ4v) is 3.63. The zero-order chi connectivity index (χ0) is 14.6. The first-order chi connectivity index (χ1) is 9.53. The Bertz CT molecular complexity index is 408. The van der Waals surface area contributed by atoms with E-state index in [2.05, 4.69) is 50.1 Å². The lowest BCUT2D eigenvalue weighted by Crippen LogP contribution is -2.42. The predicted molar refractivity (Wildman–Crippen MR) is 85.9 cm³/mol. The van der Waals surface area contributed by atoms with E-state index in [1.54, 1.807) is 0 Å². The highest BCUT2D eigenvalue weighted by molar-refractivity contribution is 5.13. The van der Waals surface area contributed by atoms with Gasteiger partial charge in [-0.2, -0.15) is 0 Å². The topological polar surface area (TPSA) is 24.9 Å². The Morgan fingerprint density at radius 3 is 2.75 bits per heavy atom. The Kier molecular flexibility index (Phi) is 5.20. The first-order valence-corrected chi connectivity index (χ1v) is 8.18. The lowest BCUT2D eigenvalue weighted by atomic mass is 9.76. The van der Waals surface area contributed by atoms with E-state index in [9.17, 15) is 0 Å². The monoisotopic (exact) mass is 274 g/mol. The maximum Gasteiger partial charge on any atom is 0.0419 e. The number of nitrogens with zero attached hydrogens (tertiary/aromatic N) is 1. The summed E-state index contributed by atoms with van der Waals surface area (Å²) >= 11 is 0. The SMILES string of the molecule is CCCNC(Cc1ccc(C)cn1)C1CCCC1(C)C. The first-order valence-electron chi connectivity index (χ1n) is 8.18. The van der Waals surface area contributed by atoms with Crippen molar-refractivity contribution in [1.29, 1.82) is 0 Å². The number of aromatic nitrogens is 1. The lowest BCUT2D eigenvalue weighted by Gasteiger charge is -2.35.